The van der Waals surface area contributed by atoms with Gasteiger partial charge in [0.25, 0.3) is 0 Å². The van der Waals surface area contributed by atoms with Crippen molar-refractivity contribution < 1.29 is 16.9 Å². The Hall–Kier alpha value is 0.250. The monoisotopic (exact) mass is 558 g/mol. The van der Waals surface area contributed by atoms with Crippen LogP contribution in [-0.4, -0.2) is 30.7 Å². The molecule has 0 aromatic heterocycles. The van der Waals surface area contributed by atoms with Gasteiger partial charge in [-0.3, -0.25) is 0 Å². The third-order valence-corrected chi connectivity index (χ3v) is 8.94. The van der Waals surface area contributed by atoms with Crippen LogP contribution in [0.5, 0.6) is 0 Å². The van der Waals surface area contributed by atoms with E-state index in [1.54, 1.807) is 0 Å². The molecule has 0 saturated heterocycles. The lowest BCUT2D eigenvalue weighted by atomic mass is 10.0. The Balaban J connectivity index is 0. The van der Waals surface area contributed by atoms with E-state index in [1.807, 2.05) is 0 Å². The van der Waals surface area contributed by atoms with E-state index >= 15 is 0 Å². The van der Waals surface area contributed by atoms with Gasteiger partial charge in [0.1, 0.15) is 0 Å². The Bertz CT molecular complexity index is 372. The summed E-state index contributed by atoms with van der Waals surface area (Å²) >= 11 is 0. The maximum absolute atomic E-state index is 2.36. The molecule has 0 radical (unpaired) electrons. The molecule has 0 spiro atoms. The van der Waals surface area contributed by atoms with Crippen LogP contribution in [0, 0.1) is 0 Å². The molecule has 0 bridgehead atoms. The molecule has 0 heterocycles. The second kappa shape index (κ2) is 33.5. The lowest BCUT2D eigenvalue weighted by molar-refractivity contribution is -0.929. The minimum absolute atomic E-state index is 0. The van der Waals surface area contributed by atoms with Crippen LogP contribution in [0.4, 0.5) is 0 Å². The average molecular weight is 558 g/mol. The molecule has 0 aliphatic rings. The van der Waals surface area contributed by atoms with Gasteiger partial charge in [0.2, 0.25) is 0 Å². The summed E-state index contributed by atoms with van der Waals surface area (Å²) in [7, 11) is 0. The van der Waals surface area contributed by atoms with E-state index in [0.717, 1.165) is 0 Å². The molecule has 0 amide bonds. The standard InChI is InChI=1S/C36H76N.ClH/c1-5-9-13-17-19-21-23-25-27-31-35-37(33-29-15-11-7-3,34-30-16-12-8-4)36-32-28-26-24-22-20-18-14-10-6-2;/h5-36H2,1-4H3;1H/q+1;/p-1. The molecule has 0 aliphatic heterocycles. The largest absolute Gasteiger partial charge is 1.00 e. The predicted molar refractivity (Wildman–Crippen MR) is 172 cm³/mol. The highest BCUT2D eigenvalue weighted by atomic mass is 35.5. The molecule has 0 fully saturated rings. The Morgan fingerprint density at radius 2 is 0.395 bits per heavy atom. The van der Waals surface area contributed by atoms with Crippen molar-refractivity contribution in [3.8, 4) is 0 Å². The van der Waals surface area contributed by atoms with Crippen LogP contribution in [0.15, 0.2) is 0 Å². The maximum atomic E-state index is 2.36. The van der Waals surface area contributed by atoms with Crippen LogP contribution in [0.3, 0.4) is 0 Å². The molecule has 0 saturated carbocycles. The van der Waals surface area contributed by atoms with Crippen molar-refractivity contribution in [3.05, 3.63) is 0 Å². The molecule has 0 aliphatic carbocycles. The summed E-state index contributed by atoms with van der Waals surface area (Å²) in [5, 5.41) is 0. The Labute approximate surface area is 250 Å². The number of quaternary nitrogens is 1. The van der Waals surface area contributed by atoms with Gasteiger partial charge in [-0.05, 0) is 51.4 Å². The summed E-state index contributed by atoms with van der Waals surface area (Å²) in [6, 6.07) is 0. The van der Waals surface area contributed by atoms with Gasteiger partial charge < -0.3 is 16.9 Å². The van der Waals surface area contributed by atoms with Gasteiger partial charge in [-0.15, -0.1) is 0 Å². The molecular weight excluding hydrogens is 482 g/mol. The smallest absolute Gasteiger partial charge is 0.0786 e. The zero-order valence-corrected chi connectivity index (χ0v) is 28.2. The SMILES string of the molecule is CCCCCCCCCCCC[N+](CCCCCC)(CCCCCC)CCCCCCCCCCCC.[Cl-]. The third kappa shape index (κ3) is 27.8. The van der Waals surface area contributed by atoms with Crippen molar-refractivity contribution in [3.63, 3.8) is 0 Å². The number of rotatable bonds is 32. The maximum Gasteiger partial charge on any atom is 0.0786 e. The van der Waals surface area contributed by atoms with Crippen molar-refractivity contribution in [1.29, 1.82) is 0 Å². The fraction of sp³-hybridized carbons (Fsp3) is 1.00. The van der Waals surface area contributed by atoms with Gasteiger partial charge in [0, 0.05) is 0 Å². The van der Waals surface area contributed by atoms with Crippen LogP contribution in [0.25, 0.3) is 0 Å². The summed E-state index contributed by atoms with van der Waals surface area (Å²) in [5.74, 6) is 0. The van der Waals surface area contributed by atoms with E-state index in [9.17, 15) is 0 Å². The van der Waals surface area contributed by atoms with Crippen LogP contribution >= 0.6 is 0 Å². The third-order valence-electron chi connectivity index (χ3n) is 8.94. The van der Waals surface area contributed by atoms with Crippen LogP contribution < -0.4 is 12.4 Å². The molecule has 0 N–H and O–H groups in total. The van der Waals surface area contributed by atoms with Gasteiger partial charge in [-0.25, -0.2) is 0 Å². The number of halogens is 1. The number of hydrogen-bond donors (Lipinski definition) is 0. The summed E-state index contributed by atoms with van der Waals surface area (Å²) in [6.45, 7) is 15.3. The molecule has 2 heteroatoms. The van der Waals surface area contributed by atoms with Gasteiger partial charge in [0.15, 0.2) is 0 Å². The van der Waals surface area contributed by atoms with Crippen molar-refractivity contribution in [1.82, 2.24) is 0 Å². The van der Waals surface area contributed by atoms with E-state index in [0.29, 0.717) is 0 Å². The molecule has 0 aromatic carbocycles. The zero-order valence-electron chi connectivity index (χ0n) is 27.5. The fourth-order valence-electron chi connectivity index (χ4n) is 6.29. The van der Waals surface area contributed by atoms with Gasteiger partial charge in [-0.1, -0.05) is 156 Å². The lowest BCUT2D eigenvalue weighted by Gasteiger charge is -2.39. The first-order chi connectivity index (χ1) is 18.2. The quantitative estimate of drug-likeness (QED) is 0.0570. The topological polar surface area (TPSA) is 0 Å². The molecule has 0 rings (SSSR count). The summed E-state index contributed by atoms with van der Waals surface area (Å²) in [6.07, 6.45) is 40.8. The van der Waals surface area contributed by atoms with E-state index < -0.39 is 0 Å². The molecule has 1 nitrogen and oxygen atoms in total. The second-order valence-corrected chi connectivity index (χ2v) is 12.7. The van der Waals surface area contributed by atoms with Crippen molar-refractivity contribution >= 4 is 0 Å². The van der Waals surface area contributed by atoms with Crippen LogP contribution in [0.2, 0.25) is 0 Å². The van der Waals surface area contributed by atoms with Crippen LogP contribution in [-0.2, 0) is 0 Å². The molecular formula is C36H76ClN. The van der Waals surface area contributed by atoms with Gasteiger partial charge >= 0.3 is 0 Å². The molecule has 232 valence electrons. The highest BCUT2D eigenvalue weighted by Crippen LogP contribution is 2.20. The molecule has 0 unspecified atom stereocenters. The highest BCUT2D eigenvalue weighted by Gasteiger charge is 2.25. The first kappa shape index (κ1) is 40.4. The minimum atomic E-state index is 0. The Kier molecular flexibility index (Phi) is 35.6. The summed E-state index contributed by atoms with van der Waals surface area (Å²) in [5.41, 5.74) is 0. The van der Waals surface area contributed by atoms with E-state index in [2.05, 4.69) is 27.7 Å². The van der Waals surface area contributed by atoms with Crippen molar-refractivity contribution in [2.45, 2.75) is 207 Å². The zero-order chi connectivity index (χ0) is 27.1. The van der Waals surface area contributed by atoms with E-state index in [1.165, 1.54) is 210 Å². The van der Waals surface area contributed by atoms with Crippen molar-refractivity contribution in [2.75, 3.05) is 26.2 Å². The number of nitrogens with zero attached hydrogens (tertiary/aromatic N) is 1. The first-order valence-electron chi connectivity index (χ1n) is 18.1. The van der Waals surface area contributed by atoms with E-state index in [-0.39, 0.29) is 12.4 Å². The number of hydrogen-bond acceptors (Lipinski definition) is 0. The van der Waals surface area contributed by atoms with Gasteiger partial charge in [-0.2, -0.15) is 0 Å². The highest BCUT2D eigenvalue weighted by molar-refractivity contribution is 4.55. The van der Waals surface area contributed by atoms with E-state index in [4.69, 9.17) is 0 Å². The number of unbranched alkanes of at least 4 members (excludes halogenated alkanes) is 24. The average Bonchev–Trinajstić information content (AvgIpc) is 2.91. The van der Waals surface area contributed by atoms with Crippen LogP contribution in [0.1, 0.15) is 207 Å². The fourth-order valence-corrected chi connectivity index (χ4v) is 6.29. The predicted octanol–water partition coefficient (Wildman–Crippen LogP) is 9.81. The molecule has 0 atom stereocenters. The molecule has 0 aromatic rings. The normalized spacial score (nSPS) is 11.7. The summed E-state index contributed by atoms with van der Waals surface area (Å²) in [4.78, 5) is 0. The van der Waals surface area contributed by atoms with Crippen molar-refractivity contribution in [2.24, 2.45) is 0 Å². The molecule has 38 heavy (non-hydrogen) atoms. The summed E-state index contributed by atoms with van der Waals surface area (Å²) < 4.78 is 1.47. The second-order valence-electron chi connectivity index (χ2n) is 12.7. The Morgan fingerprint density at radius 1 is 0.237 bits per heavy atom. The Morgan fingerprint density at radius 3 is 0.605 bits per heavy atom. The minimum Gasteiger partial charge on any atom is -1.00 e. The first-order valence-corrected chi connectivity index (χ1v) is 18.1. The van der Waals surface area contributed by atoms with Gasteiger partial charge in [0.05, 0.1) is 26.2 Å². The lowest BCUT2D eigenvalue weighted by Crippen LogP contribution is -3.00.